The Hall–Kier alpha value is -2.04. The van der Waals surface area contributed by atoms with E-state index in [0.717, 1.165) is 23.4 Å². The molecule has 5 heteroatoms. The van der Waals surface area contributed by atoms with Crippen LogP contribution in [0.3, 0.4) is 0 Å². The van der Waals surface area contributed by atoms with Crippen molar-refractivity contribution in [1.82, 2.24) is 15.5 Å². The number of rotatable bonds is 5. The molecule has 1 amide bonds. The van der Waals surface area contributed by atoms with Crippen molar-refractivity contribution >= 4 is 11.9 Å². The zero-order chi connectivity index (χ0) is 19.1. The molecule has 1 aliphatic rings. The summed E-state index contributed by atoms with van der Waals surface area (Å²) >= 11 is 0. The summed E-state index contributed by atoms with van der Waals surface area (Å²) in [6.45, 7) is 5.35. The monoisotopic (exact) mass is 358 g/mol. The number of benzene rings is 1. The molecule has 0 atom stereocenters. The van der Waals surface area contributed by atoms with Gasteiger partial charge in [-0.2, -0.15) is 0 Å². The van der Waals surface area contributed by atoms with Crippen LogP contribution in [0.15, 0.2) is 29.3 Å². The number of amides is 1. The molecule has 1 aromatic carbocycles. The average Bonchev–Trinajstić information content (AvgIpc) is 2.65. The second kappa shape index (κ2) is 9.60. The van der Waals surface area contributed by atoms with Crippen molar-refractivity contribution in [3.63, 3.8) is 0 Å². The molecule has 0 unspecified atom stereocenters. The third-order valence-electron chi connectivity index (χ3n) is 5.35. The molecular weight excluding hydrogens is 324 g/mol. The Balaban J connectivity index is 1.81. The van der Waals surface area contributed by atoms with Crippen LogP contribution in [-0.4, -0.2) is 44.0 Å². The third kappa shape index (κ3) is 5.75. The van der Waals surface area contributed by atoms with Crippen LogP contribution in [0.2, 0.25) is 0 Å². The maximum Gasteiger partial charge on any atom is 0.253 e. The summed E-state index contributed by atoms with van der Waals surface area (Å²) in [5, 5.41) is 6.94. The van der Waals surface area contributed by atoms with E-state index in [2.05, 4.69) is 29.5 Å². The van der Waals surface area contributed by atoms with Gasteiger partial charge in [0.1, 0.15) is 0 Å². The highest BCUT2D eigenvalue weighted by Crippen LogP contribution is 2.29. The predicted octanol–water partition coefficient (Wildman–Crippen LogP) is 3.27. The number of carbonyl (C=O) groups excluding carboxylic acids is 1. The fraction of sp³-hybridized carbons (Fsp3) is 0.619. The summed E-state index contributed by atoms with van der Waals surface area (Å²) in [6.07, 6.45) is 5.02. The van der Waals surface area contributed by atoms with E-state index in [1.807, 2.05) is 31.3 Å². The Morgan fingerprint density at radius 2 is 1.77 bits per heavy atom. The summed E-state index contributed by atoms with van der Waals surface area (Å²) in [5.41, 5.74) is 1.84. The molecule has 144 valence electrons. The standard InChI is InChI=1S/C21H34N4O/c1-15(2)17-10-12-19(13-11-17)24-21(22-3)23-14-16-6-8-18(9-7-16)20(26)25(4)5/h6-9,15,17,19H,10-14H2,1-5H3,(H2,22,23,24). The molecule has 0 radical (unpaired) electrons. The lowest BCUT2D eigenvalue weighted by Crippen LogP contribution is -2.44. The molecule has 0 saturated heterocycles. The molecule has 0 aromatic heterocycles. The summed E-state index contributed by atoms with van der Waals surface area (Å²) in [4.78, 5) is 17.9. The van der Waals surface area contributed by atoms with Crippen molar-refractivity contribution in [1.29, 1.82) is 0 Å². The molecule has 0 heterocycles. The summed E-state index contributed by atoms with van der Waals surface area (Å²) < 4.78 is 0. The first-order chi connectivity index (χ1) is 12.4. The van der Waals surface area contributed by atoms with E-state index >= 15 is 0 Å². The largest absolute Gasteiger partial charge is 0.354 e. The van der Waals surface area contributed by atoms with Crippen molar-refractivity contribution in [3.05, 3.63) is 35.4 Å². The quantitative estimate of drug-likeness (QED) is 0.627. The fourth-order valence-corrected chi connectivity index (χ4v) is 3.53. The second-order valence-electron chi connectivity index (χ2n) is 7.82. The number of guanidine groups is 1. The van der Waals surface area contributed by atoms with Gasteiger partial charge in [0, 0.05) is 39.3 Å². The highest BCUT2D eigenvalue weighted by atomic mass is 16.2. The molecule has 1 fully saturated rings. The van der Waals surface area contributed by atoms with Crippen LogP contribution < -0.4 is 10.6 Å². The molecule has 5 nitrogen and oxygen atoms in total. The molecule has 1 aromatic rings. The van der Waals surface area contributed by atoms with Crippen LogP contribution in [0.4, 0.5) is 0 Å². The molecule has 2 N–H and O–H groups in total. The van der Waals surface area contributed by atoms with Gasteiger partial charge in [0.25, 0.3) is 5.91 Å². The molecule has 0 aliphatic heterocycles. The van der Waals surface area contributed by atoms with E-state index in [1.54, 1.807) is 19.0 Å². The minimum absolute atomic E-state index is 0.0268. The Kier molecular flexibility index (Phi) is 7.49. The van der Waals surface area contributed by atoms with E-state index in [4.69, 9.17) is 0 Å². The fourth-order valence-electron chi connectivity index (χ4n) is 3.53. The van der Waals surface area contributed by atoms with E-state index < -0.39 is 0 Å². The smallest absolute Gasteiger partial charge is 0.253 e. The topological polar surface area (TPSA) is 56.7 Å². The average molecular weight is 359 g/mol. The van der Waals surface area contributed by atoms with Gasteiger partial charge < -0.3 is 15.5 Å². The lowest BCUT2D eigenvalue weighted by molar-refractivity contribution is 0.0827. The Bertz CT molecular complexity index is 599. The summed E-state index contributed by atoms with van der Waals surface area (Å²) in [5.74, 6) is 2.53. The van der Waals surface area contributed by atoms with Crippen LogP contribution in [0.25, 0.3) is 0 Å². The van der Waals surface area contributed by atoms with Gasteiger partial charge in [-0.25, -0.2) is 0 Å². The third-order valence-corrected chi connectivity index (χ3v) is 5.35. The highest BCUT2D eigenvalue weighted by molar-refractivity contribution is 5.93. The Morgan fingerprint density at radius 3 is 2.27 bits per heavy atom. The molecule has 0 bridgehead atoms. The first-order valence-electron chi connectivity index (χ1n) is 9.68. The molecule has 1 saturated carbocycles. The van der Waals surface area contributed by atoms with Crippen LogP contribution in [0, 0.1) is 11.8 Å². The molecule has 26 heavy (non-hydrogen) atoms. The van der Waals surface area contributed by atoms with Gasteiger partial charge in [0.15, 0.2) is 5.96 Å². The molecule has 1 aliphatic carbocycles. The lowest BCUT2D eigenvalue weighted by atomic mass is 9.80. The molecule has 0 spiro atoms. The first kappa shape index (κ1) is 20.3. The van der Waals surface area contributed by atoms with Crippen molar-refractivity contribution in [2.75, 3.05) is 21.1 Å². The zero-order valence-corrected chi connectivity index (χ0v) is 16.9. The lowest BCUT2D eigenvalue weighted by Gasteiger charge is -2.32. The van der Waals surface area contributed by atoms with Crippen LogP contribution in [0.1, 0.15) is 55.5 Å². The van der Waals surface area contributed by atoms with Gasteiger partial charge in [-0.05, 0) is 55.2 Å². The van der Waals surface area contributed by atoms with Gasteiger partial charge >= 0.3 is 0 Å². The summed E-state index contributed by atoms with van der Waals surface area (Å²) in [6, 6.07) is 8.25. The predicted molar refractivity (Wildman–Crippen MR) is 108 cm³/mol. The maximum atomic E-state index is 11.9. The van der Waals surface area contributed by atoms with E-state index in [1.165, 1.54) is 25.7 Å². The second-order valence-corrected chi connectivity index (χ2v) is 7.82. The zero-order valence-electron chi connectivity index (χ0n) is 16.9. The van der Waals surface area contributed by atoms with Crippen molar-refractivity contribution in [2.45, 2.75) is 52.1 Å². The first-order valence-corrected chi connectivity index (χ1v) is 9.68. The van der Waals surface area contributed by atoms with Crippen LogP contribution in [0.5, 0.6) is 0 Å². The van der Waals surface area contributed by atoms with Gasteiger partial charge in [-0.15, -0.1) is 0 Å². The minimum atomic E-state index is 0.0268. The van der Waals surface area contributed by atoms with Gasteiger partial charge in [-0.3, -0.25) is 9.79 Å². The van der Waals surface area contributed by atoms with E-state index in [9.17, 15) is 4.79 Å². The SMILES string of the molecule is CN=C(NCc1ccc(C(=O)N(C)C)cc1)NC1CCC(C(C)C)CC1. The van der Waals surface area contributed by atoms with Crippen molar-refractivity contribution in [3.8, 4) is 0 Å². The number of nitrogens with zero attached hydrogens (tertiary/aromatic N) is 2. The van der Waals surface area contributed by atoms with E-state index in [0.29, 0.717) is 18.2 Å². The Labute approximate surface area is 158 Å². The van der Waals surface area contributed by atoms with Crippen LogP contribution >= 0.6 is 0 Å². The van der Waals surface area contributed by atoms with Gasteiger partial charge in [0.2, 0.25) is 0 Å². The minimum Gasteiger partial charge on any atom is -0.354 e. The number of nitrogens with one attached hydrogen (secondary N) is 2. The van der Waals surface area contributed by atoms with Gasteiger partial charge in [0.05, 0.1) is 0 Å². The summed E-state index contributed by atoms with van der Waals surface area (Å²) in [7, 11) is 5.35. The normalized spacial score (nSPS) is 20.8. The molecule has 2 rings (SSSR count). The Morgan fingerprint density at radius 1 is 1.15 bits per heavy atom. The number of aliphatic imine (C=N–C) groups is 1. The number of carbonyl (C=O) groups is 1. The van der Waals surface area contributed by atoms with E-state index in [-0.39, 0.29) is 5.91 Å². The van der Waals surface area contributed by atoms with Crippen molar-refractivity contribution < 1.29 is 4.79 Å². The highest BCUT2D eigenvalue weighted by Gasteiger charge is 2.23. The number of hydrogen-bond donors (Lipinski definition) is 2. The molecular formula is C21H34N4O. The number of hydrogen-bond acceptors (Lipinski definition) is 2. The van der Waals surface area contributed by atoms with Crippen LogP contribution in [-0.2, 0) is 6.54 Å². The van der Waals surface area contributed by atoms with Crippen molar-refractivity contribution in [2.24, 2.45) is 16.8 Å². The maximum absolute atomic E-state index is 11.9. The van der Waals surface area contributed by atoms with Gasteiger partial charge in [-0.1, -0.05) is 26.0 Å².